The number of carbonyl (C=O) groups excluding carboxylic acids is 1. The van der Waals surface area contributed by atoms with E-state index in [2.05, 4.69) is 22.6 Å². The van der Waals surface area contributed by atoms with Crippen LogP contribution in [-0.4, -0.2) is 44.0 Å². The minimum Gasteiger partial charge on any atom is -0.397 e. The second-order valence-corrected chi connectivity index (χ2v) is 5.75. The molecule has 1 aromatic rings. The van der Waals surface area contributed by atoms with Crippen molar-refractivity contribution in [3.05, 3.63) is 10.9 Å². The Bertz CT molecular complexity index is 424. The molecule has 0 atom stereocenters. The Hall–Kier alpha value is -1.27. The molecule has 2 heterocycles. The summed E-state index contributed by atoms with van der Waals surface area (Å²) in [5.74, 6) is -0.117. The number of nitrogen functional groups attached to an aromatic ring is 1. The maximum atomic E-state index is 11.6. The number of carbonyl (C=O) groups is 1. The lowest BCUT2D eigenvalue weighted by atomic mass is 10.1. The lowest BCUT2D eigenvalue weighted by Crippen LogP contribution is -2.36. The van der Waals surface area contributed by atoms with E-state index >= 15 is 0 Å². The van der Waals surface area contributed by atoms with E-state index in [1.165, 1.54) is 11.3 Å². The third kappa shape index (κ3) is 2.94. The van der Waals surface area contributed by atoms with Gasteiger partial charge in [-0.1, -0.05) is 0 Å². The van der Waals surface area contributed by atoms with Crippen LogP contribution >= 0.6 is 11.3 Å². The number of nitrogens with two attached hydrogens (primary N) is 1. The Morgan fingerprint density at radius 1 is 1.50 bits per heavy atom. The molecule has 1 aliphatic heterocycles. The molecule has 0 saturated carbocycles. The zero-order chi connectivity index (χ0) is 13.1. The van der Waals surface area contributed by atoms with Crippen molar-refractivity contribution < 1.29 is 4.79 Å². The van der Waals surface area contributed by atoms with Crippen molar-refractivity contribution in [3.63, 3.8) is 0 Å². The molecule has 1 amide bonds. The van der Waals surface area contributed by atoms with Crippen LogP contribution in [0, 0.1) is 0 Å². The van der Waals surface area contributed by atoms with Crippen molar-refractivity contribution in [2.75, 3.05) is 38.2 Å². The van der Waals surface area contributed by atoms with Crippen LogP contribution in [0.4, 0.5) is 10.7 Å². The largest absolute Gasteiger partial charge is 0.397 e. The monoisotopic (exact) mass is 268 g/mol. The summed E-state index contributed by atoms with van der Waals surface area (Å²) in [5, 5.41) is 7.06. The van der Waals surface area contributed by atoms with Crippen LogP contribution in [0.2, 0.25) is 0 Å². The molecule has 1 aromatic heterocycles. The number of nitrogens with zero attached hydrogens (tertiary/aromatic N) is 1. The molecule has 18 heavy (non-hydrogen) atoms. The predicted molar refractivity (Wildman–Crippen MR) is 76.3 cm³/mol. The minimum absolute atomic E-state index is 0.117. The van der Waals surface area contributed by atoms with Crippen molar-refractivity contribution >= 4 is 27.9 Å². The van der Waals surface area contributed by atoms with E-state index < -0.39 is 0 Å². The molecule has 1 aliphatic rings. The van der Waals surface area contributed by atoms with Gasteiger partial charge in [-0.3, -0.25) is 4.79 Å². The van der Waals surface area contributed by atoms with Crippen molar-refractivity contribution in [2.24, 2.45) is 0 Å². The summed E-state index contributed by atoms with van der Waals surface area (Å²) >= 11 is 1.42. The fourth-order valence-electron chi connectivity index (χ4n) is 2.12. The van der Waals surface area contributed by atoms with Gasteiger partial charge in [0.15, 0.2) is 0 Å². The summed E-state index contributed by atoms with van der Waals surface area (Å²) < 4.78 is 0. The summed E-state index contributed by atoms with van der Waals surface area (Å²) in [5.41, 5.74) is 6.40. The number of piperidine rings is 1. The van der Waals surface area contributed by atoms with E-state index in [4.69, 9.17) is 5.73 Å². The number of hydrogen-bond acceptors (Lipinski definition) is 5. The lowest BCUT2D eigenvalue weighted by Gasteiger charge is -2.29. The minimum atomic E-state index is -0.117. The summed E-state index contributed by atoms with van der Waals surface area (Å²) in [6.07, 6.45) is 2.26. The first kappa shape index (κ1) is 13.2. The number of nitrogens with one attached hydrogen (secondary N) is 2. The molecule has 100 valence electrons. The van der Waals surface area contributed by atoms with Gasteiger partial charge in [0.05, 0.1) is 10.7 Å². The van der Waals surface area contributed by atoms with Crippen LogP contribution in [0.15, 0.2) is 6.07 Å². The van der Waals surface area contributed by atoms with E-state index in [0.29, 0.717) is 16.6 Å². The van der Waals surface area contributed by atoms with Gasteiger partial charge >= 0.3 is 0 Å². The highest BCUT2D eigenvalue weighted by Gasteiger charge is 2.19. The highest BCUT2D eigenvalue weighted by atomic mass is 32.1. The van der Waals surface area contributed by atoms with Crippen LogP contribution < -0.4 is 16.4 Å². The highest BCUT2D eigenvalue weighted by molar-refractivity contribution is 7.18. The molecule has 0 bridgehead atoms. The Balaban J connectivity index is 2.00. The smallest absolute Gasteiger partial charge is 0.263 e. The molecule has 0 spiro atoms. The Morgan fingerprint density at radius 2 is 2.17 bits per heavy atom. The van der Waals surface area contributed by atoms with Crippen LogP contribution in [0.5, 0.6) is 0 Å². The average molecular weight is 268 g/mol. The van der Waals surface area contributed by atoms with Gasteiger partial charge in [0.1, 0.15) is 4.88 Å². The second kappa shape index (κ2) is 5.58. The summed E-state index contributed by atoms with van der Waals surface area (Å²) in [7, 11) is 3.76. The standard InChI is InChI=1S/C12H20N4OS/c1-14-12(17)11-9(13)7-10(18-11)15-8-3-5-16(2)6-4-8/h7-8,15H,3-6,13H2,1-2H3,(H,14,17). The number of amides is 1. The van der Waals surface area contributed by atoms with E-state index in [0.717, 1.165) is 30.9 Å². The van der Waals surface area contributed by atoms with Gasteiger partial charge in [-0.05, 0) is 39.0 Å². The first-order chi connectivity index (χ1) is 8.60. The topological polar surface area (TPSA) is 70.4 Å². The summed E-state index contributed by atoms with van der Waals surface area (Å²) in [4.78, 5) is 14.5. The molecule has 1 fully saturated rings. The van der Waals surface area contributed by atoms with E-state index in [9.17, 15) is 4.79 Å². The van der Waals surface area contributed by atoms with Gasteiger partial charge < -0.3 is 21.3 Å². The van der Waals surface area contributed by atoms with Gasteiger partial charge in [-0.25, -0.2) is 0 Å². The van der Waals surface area contributed by atoms with Gasteiger partial charge in [0.2, 0.25) is 0 Å². The molecular weight excluding hydrogens is 248 g/mol. The van der Waals surface area contributed by atoms with Crippen LogP contribution in [0.3, 0.4) is 0 Å². The van der Waals surface area contributed by atoms with Gasteiger partial charge in [-0.2, -0.15) is 0 Å². The van der Waals surface area contributed by atoms with Crippen LogP contribution in [0.1, 0.15) is 22.5 Å². The molecule has 6 heteroatoms. The molecule has 0 unspecified atom stereocenters. The van der Waals surface area contributed by atoms with Crippen molar-refractivity contribution in [2.45, 2.75) is 18.9 Å². The fraction of sp³-hybridized carbons (Fsp3) is 0.583. The maximum Gasteiger partial charge on any atom is 0.263 e. The predicted octanol–water partition coefficient (Wildman–Crippen LogP) is 1.20. The van der Waals surface area contributed by atoms with Gasteiger partial charge in [0.25, 0.3) is 5.91 Å². The highest BCUT2D eigenvalue weighted by Crippen LogP contribution is 2.30. The first-order valence-electron chi connectivity index (χ1n) is 6.16. The van der Waals surface area contributed by atoms with E-state index in [1.807, 2.05) is 6.07 Å². The van der Waals surface area contributed by atoms with E-state index in [1.54, 1.807) is 7.05 Å². The normalized spacial score (nSPS) is 17.7. The number of likely N-dealkylation sites (tertiary alicyclic amines) is 1. The van der Waals surface area contributed by atoms with Crippen LogP contribution in [-0.2, 0) is 0 Å². The zero-order valence-electron chi connectivity index (χ0n) is 10.8. The molecule has 0 aromatic carbocycles. The molecule has 0 aliphatic carbocycles. The van der Waals surface area contributed by atoms with Gasteiger partial charge in [-0.15, -0.1) is 11.3 Å². The first-order valence-corrected chi connectivity index (χ1v) is 6.98. The third-order valence-electron chi connectivity index (χ3n) is 3.26. The SMILES string of the molecule is CNC(=O)c1sc(NC2CCN(C)CC2)cc1N. The van der Waals surface area contributed by atoms with Crippen LogP contribution in [0.25, 0.3) is 0 Å². The lowest BCUT2D eigenvalue weighted by molar-refractivity contribution is 0.0968. The maximum absolute atomic E-state index is 11.6. The zero-order valence-corrected chi connectivity index (χ0v) is 11.6. The fourth-order valence-corrected chi connectivity index (χ4v) is 3.12. The van der Waals surface area contributed by atoms with Crippen molar-refractivity contribution in [1.29, 1.82) is 0 Å². The van der Waals surface area contributed by atoms with Crippen molar-refractivity contribution in [1.82, 2.24) is 10.2 Å². The number of thiophene rings is 1. The second-order valence-electron chi connectivity index (χ2n) is 4.70. The third-order valence-corrected chi connectivity index (χ3v) is 4.34. The molecular formula is C12H20N4OS. The van der Waals surface area contributed by atoms with E-state index in [-0.39, 0.29) is 5.91 Å². The molecule has 0 radical (unpaired) electrons. The number of rotatable bonds is 3. The van der Waals surface area contributed by atoms with Crippen molar-refractivity contribution in [3.8, 4) is 0 Å². The molecule has 1 saturated heterocycles. The molecule has 2 rings (SSSR count). The Kier molecular flexibility index (Phi) is 4.08. The molecule has 4 N–H and O–H groups in total. The number of hydrogen-bond donors (Lipinski definition) is 3. The Labute approximate surface area is 111 Å². The Morgan fingerprint density at radius 3 is 2.78 bits per heavy atom. The quantitative estimate of drug-likeness (QED) is 0.770. The summed E-state index contributed by atoms with van der Waals surface area (Å²) in [6.45, 7) is 2.22. The summed E-state index contributed by atoms with van der Waals surface area (Å²) in [6, 6.07) is 2.34. The van der Waals surface area contributed by atoms with Gasteiger partial charge in [0, 0.05) is 13.1 Å². The number of anilines is 2. The average Bonchev–Trinajstić information content (AvgIpc) is 2.72. The molecule has 5 nitrogen and oxygen atoms in total.